The average molecular weight is 312 g/mol. The third-order valence-electron chi connectivity index (χ3n) is 2.42. The second kappa shape index (κ2) is 5.68. The minimum atomic E-state index is -3.47. The Bertz CT molecular complexity index is 679. The number of anilines is 1. The molecule has 2 aromatic rings. The van der Waals surface area contributed by atoms with Crippen molar-refractivity contribution in [2.24, 2.45) is 5.73 Å². The summed E-state index contributed by atoms with van der Waals surface area (Å²) in [6, 6.07) is 8.68. The fourth-order valence-corrected chi connectivity index (χ4v) is 3.71. The van der Waals surface area contributed by atoms with E-state index in [1.165, 1.54) is 11.3 Å². The Morgan fingerprint density at radius 1 is 1.32 bits per heavy atom. The molecule has 0 atom stereocenters. The molecule has 3 N–H and O–H groups in total. The summed E-state index contributed by atoms with van der Waals surface area (Å²) >= 11 is 6.35. The summed E-state index contributed by atoms with van der Waals surface area (Å²) in [6.45, 7) is 0. The van der Waals surface area contributed by atoms with Crippen molar-refractivity contribution >= 4 is 44.3 Å². The van der Waals surface area contributed by atoms with Crippen LogP contribution in [0.3, 0.4) is 0 Å². The van der Waals surface area contributed by atoms with E-state index in [0.29, 0.717) is 16.8 Å². The standard InChI is InChI=1S/C12H12N2O2S3/c13-12(17)11-4-2-1-3-9(11)8-19(15,16)14-10-5-6-18-7-10/h1-7,14H,8H2,(H2,13,17). The SMILES string of the molecule is NC(=S)c1ccccc1CS(=O)(=O)Nc1ccsc1. The zero-order valence-corrected chi connectivity index (χ0v) is 12.3. The number of thiocarbonyl (C=S) groups is 1. The molecule has 0 saturated carbocycles. The van der Waals surface area contributed by atoms with Crippen LogP contribution in [0.15, 0.2) is 41.1 Å². The molecule has 0 bridgehead atoms. The van der Waals surface area contributed by atoms with Crippen LogP contribution in [-0.4, -0.2) is 13.4 Å². The predicted octanol–water partition coefficient (Wildman–Crippen LogP) is 2.32. The number of nitrogens with two attached hydrogens (primary N) is 1. The van der Waals surface area contributed by atoms with Crippen LogP contribution in [0.5, 0.6) is 0 Å². The third kappa shape index (κ3) is 3.76. The van der Waals surface area contributed by atoms with Crippen molar-refractivity contribution in [1.82, 2.24) is 0 Å². The quantitative estimate of drug-likeness (QED) is 0.831. The van der Waals surface area contributed by atoms with Gasteiger partial charge in [0.25, 0.3) is 0 Å². The highest BCUT2D eigenvalue weighted by atomic mass is 32.2. The van der Waals surface area contributed by atoms with Gasteiger partial charge >= 0.3 is 0 Å². The molecule has 0 amide bonds. The number of benzene rings is 1. The van der Waals surface area contributed by atoms with Gasteiger partial charge in [0.05, 0.1) is 11.4 Å². The fourth-order valence-electron chi connectivity index (χ4n) is 1.63. The zero-order valence-electron chi connectivity index (χ0n) is 9.87. The predicted molar refractivity (Wildman–Crippen MR) is 82.9 cm³/mol. The van der Waals surface area contributed by atoms with Crippen LogP contribution in [0.2, 0.25) is 0 Å². The van der Waals surface area contributed by atoms with E-state index in [1.807, 2.05) is 0 Å². The molecular formula is C12H12N2O2S3. The van der Waals surface area contributed by atoms with Gasteiger partial charge < -0.3 is 5.73 Å². The molecule has 0 radical (unpaired) electrons. The van der Waals surface area contributed by atoms with Crippen molar-refractivity contribution < 1.29 is 8.42 Å². The monoisotopic (exact) mass is 312 g/mol. The zero-order chi connectivity index (χ0) is 13.9. The Balaban J connectivity index is 2.23. The Morgan fingerprint density at radius 2 is 2.05 bits per heavy atom. The second-order valence-corrected chi connectivity index (χ2v) is 6.84. The maximum Gasteiger partial charge on any atom is 0.236 e. The minimum absolute atomic E-state index is 0.156. The minimum Gasteiger partial charge on any atom is -0.389 e. The molecule has 4 nitrogen and oxygen atoms in total. The van der Waals surface area contributed by atoms with E-state index < -0.39 is 10.0 Å². The van der Waals surface area contributed by atoms with Gasteiger partial charge in [0.1, 0.15) is 4.99 Å². The first-order valence-electron chi connectivity index (χ1n) is 5.38. The smallest absolute Gasteiger partial charge is 0.236 e. The number of hydrogen-bond acceptors (Lipinski definition) is 4. The second-order valence-electron chi connectivity index (χ2n) is 3.89. The van der Waals surface area contributed by atoms with Crippen LogP contribution in [0.4, 0.5) is 5.69 Å². The molecule has 0 spiro atoms. The highest BCUT2D eigenvalue weighted by molar-refractivity contribution is 7.92. The van der Waals surface area contributed by atoms with Gasteiger partial charge in [-0.2, -0.15) is 11.3 Å². The summed E-state index contributed by atoms with van der Waals surface area (Å²) in [4.78, 5) is 0.196. The Morgan fingerprint density at radius 3 is 2.68 bits per heavy atom. The van der Waals surface area contributed by atoms with Gasteiger partial charge in [-0.15, -0.1) is 0 Å². The lowest BCUT2D eigenvalue weighted by atomic mass is 10.1. The largest absolute Gasteiger partial charge is 0.389 e. The van der Waals surface area contributed by atoms with Crippen molar-refractivity contribution in [3.8, 4) is 0 Å². The summed E-state index contributed by atoms with van der Waals surface area (Å²) in [5.41, 5.74) is 7.34. The van der Waals surface area contributed by atoms with E-state index in [9.17, 15) is 8.42 Å². The van der Waals surface area contributed by atoms with Crippen LogP contribution in [-0.2, 0) is 15.8 Å². The molecule has 7 heteroatoms. The number of sulfonamides is 1. The molecular weight excluding hydrogens is 300 g/mol. The summed E-state index contributed by atoms with van der Waals surface area (Å²) in [6.07, 6.45) is 0. The van der Waals surface area contributed by atoms with Crippen LogP contribution < -0.4 is 10.5 Å². The van der Waals surface area contributed by atoms with Crippen molar-refractivity contribution in [3.05, 3.63) is 52.2 Å². The van der Waals surface area contributed by atoms with Crippen molar-refractivity contribution in [1.29, 1.82) is 0 Å². The summed E-state index contributed by atoms with van der Waals surface area (Å²) in [7, 11) is -3.47. The first-order chi connectivity index (χ1) is 8.98. The Hall–Kier alpha value is -1.44. The Labute approximate surface area is 121 Å². The molecule has 0 fully saturated rings. The van der Waals surface area contributed by atoms with Crippen LogP contribution in [0, 0.1) is 0 Å². The molecule has 19 heavy (non-hydrogen) atoms. The molecule has 1 heterocycles. The van der Waals surface area contributed by atoms with Crippen molar-refractivity contribution in [3.63, 3.8) is 0 Å². The lowest BCUT2D eigenvalue weighted by Crippen LogP contribution is -2.18. The van der Waals surface area contributed by atoms with Gasteiger partial charge in [-0.05, 0) is 17.0 Å². The molecule has 0 unspecified atom stereocenters. The van der Waals surface area contributed by atoms with Gasteiger partial charge in [-0.25, -0.2) is 8.42 Å². The molecule has 1 aromatic carbocycles. The van der Waals surface area contributed by atoms with E-state index >= 15 is 0 Å². The van der Waals surface area contributed by atoms with Gasteiger partial charge in [-0.3, -0.25) is 4.72 Å². The van der Waals surface area contributed by atoms with Crippen LogP contribution >= 0.6 is 23.6 Å². The molecule has 0 aliphatic carbocycles. The first kappa shape index (κ1) is 14.0. The highest BCUT2D eigenvalue weighted by Crippen LogP contribution is 2.17. The molecule has 0 aliphatic rings. The normalized spacial score (nSPS) is 11.2. The van der Waals surface area contributed by atoms with Gasteiger partial charge in [-0.1, -0.05) is 36.5 Å². The van der Waals surface area contributed by atoms with Crippen molar-refractivity contribution in [2.75, 3.05) is 4.72 Å². The van der Waals surface area contributed by atoms with E-state index in [2.05, 4.69) is 4.72 Å². The summed E-state index contributed by atoms with van der Waals surface area (Å²) in [5, 5.41) is 3.54. The van der Waals surface area contributed by atoms with E-state index in [4.69, 9.17) is 18.0 Å². The maximum atomic E-state index is 12.1. The molecule has 100 valence electrons. The molecule has 0 aliphatic heterocycles. The van der Waals surface area contributed by atoms with E-state index in [0.717, 1.165) is 0 Å². The highest BCUT2D eigenvalue weighted by Gasteiger charge is 2.15. The Kier molecular flexibility index (Phi) is 4.18. The number of hydrogen-bond donors (Lipinski definition) is 2. The lowest BCUT2D eigenvalue weighted by molar-refractivity contribution is 0.600. The maximum absolute atomic E-state index is 12.1. The van der Waals surface area contributed by atoms with Gasteiger partial charge in [0, 0.05) is 10.9 Å². The third-order valence-corrected chi connectivity index (χ3v) is 4.56. The average Bonchev–Trinajstić information content (AvgIpc) is 2.80. The van der Waals surface area contributed by atoms with Crippen molar-refractivity contribution in [2.45, 2.75) is 5.75 Å². The van der Waals surface area contributed by atoms with E-state index in [1.54, 1.807) is 41.1 Å². The number of thiophene rings is 1. The summed E-state index contributed by atoms with van der Waals surface area (Å²) in [5.74, 6) is -0.156. The summed E-state index contributed by atoms with van der Waals surface area (Å²) < 4.78 is 26.6. The molecule has 0 saturated heterocycles. The molecule has 2 rings (SSSR count). The van der Waals surface area contributed by atoms with Gasteiger partial charge in [0.2, 0.25) is 10.0 Å². The number of nitrogens with one attached hydrogen (secondary N) is 1. The van der Waals surface area contributed by atoms with Crippen LogP contribution in [0.25, 0.3) is 0 Å². The topological polar surface area (TPSA) is 72.2 Å². The van der Waals surface area contributed by atoms with Crippen LogP contribution in [0.1, 0.15) is 11.1 Å². The molecule has 1 aromatic heterocycles. The lowest BCUT2D eigenvalue weighted by Gasteiger charge is -2.10. The number of rotatable bonds is 5. The van der Waals surface area contributed by atoms with E-state index in [-0.39, 0.29) is 10.7 Å². The van der Waals surface area contributed by atoms with Gasteiger partial charge in [0.15, 0.2) is 0 Å². The first-order valence-corrected chi connectivity index (χ1v) is 8.39. The fraction of sp³-hybridized carbons (Fsp3) is 0.0833.